The van der Waals surface area contributed by atoms with Crippen LogP contribution in [-0.4, -0.2) is 48.0 Å². The molecule has 3 nitrogen and oxygen atoms in total. The summed E-state index contributed by atoms with van der Waals surface area (Å²) in [6.45, 7) is 7.80. The lowest BCUT2D eigenvalue weighted by Crippen LogP contribution is -2.41. The van der Waals surface area contributed by atoms with Crippen LogP contribution in [0.4, 0.5) is 0 Å². The molecule has 1 aromatic heterocycles. The first-order valence-electron chi connectivity index (χ1n) is 7.40. The summed E-state index contributed by atoms with van der Waals surface area (Å²) in [6.07, 6.45) is 4.58. The van der Waals surface area contributed by atoms with Crippen molar-refractivity contribution >= 4 is 0 Å². The molecule has 0 amide bonds. The van der Waals surface area contributed by atoms with Crippen LogP contribution in [0.15, 0.2) is 18.3 Å². The number of likely N-dealkylation sites (tertiary alicyclic amines) is 1. The Morgan fingerprint density at radius 3 is 2.42 bits per heavy atom. The topological polar surface area (TPSA) is 19.4 Å². The molecule has 0 aliphatic carbocycles. The molecule has 0 radical (unpaired) electrons. The molecule has 2 rings (SSSR count). The summed E-state index contributed by atoms with van der Waals surface area (Å²) in [5.41, 5.74) is 2.53. The molecule has 0 spiro atoms. The molecule has 0 unspecified atom stereocenters. The van der Waals surface area contributed by atoms with E-state index in [-0.39, 0.29) is 0 Å². The SMILES string of the molecule is CC(C)c1ccc(CN2CCC(N(C)C)CC2)nc1. The first-order chi connectivity index (χ1) is 9.06. The lowest BCUT2D eigenvalue weighted by molar-refractivity contribution is 0.139. The van der Waals surface area contributed by atoms with E-state index in [1.807, 2.05) is 6.20 Å². The summed E-state index contributed by atoms with van der Waals surface area (Å²) in [6, 6.07) is 5.17. The molecule has 1 fully saturated rings. The molecule has 0 N–H and O–H groups in total. The summed E-state index contributed by atoms with van der Waals surface area (Å²) in [7, 11) is 4.37. The predicted molar refractivity (Wildman–Crippen MR) is 80.3 cm³/mol. The number of piperidine rings is 1. The van der Waals surface area contributed by atoms with Gasteiger partial charge in [0.1, 0.15) is 0 Å². The van der Waals surface area contributed by atoms with Crippen LogP contribution in [0.1, 0.15) is 43.9 Å². The second-order valence-corrected chi connectivity index (χ2v) is 6.21. The molecule has 106 valence electrons. The van der Waals surface area contributed by atoms with Crippen LogP contribution >= 0.6 is 0 Å². The zero-order chi connectivity index (χ0) is 13.8. The van der Waals surface area contributed by atoms with Gasteiger partial charge in [0.15, 0.2) is 0 Å². The molecule has 2 heterocycles. The third kappa shape index (κ3) is 4.02. The number of rotatable bonds is 4. The molecule has 1 aromatic rings. The molecule has 0 bridgehead atoms. The van der Waals surface area contributed by atoms with Crippen LogP contribution in [0.2, 0.25) is 0 Å². The van der Waals surface area contributed by atoms with E-state index >= 15 is 0 Å². The van der Waals surface area contributed by atoms with Gasteiger partial charge >= 0.3 is 0 Å². The average Bonchev–Trinajstić information content (AvgIpc) is 2.40. The molecule has 1 aliphatic heterocycles. The van der Waals surface area contributed by atoms with Crippen molar-refractivity contribution in [1.29, 1.82) is 0 Å². The number of aromatic nitrogens is 1. The Bertz CT molecular complexity index is 375. The fourth-order valence-electron chi connectivity index (χ4n) is 2.69. The van der Waals surface area contributed by atoms with Crippen LogP contribution in [0.5, 0.6) is 0 Å². The van der Waals surface area contributed by atoms with E-state index in [9.17, 15) is 0 Å². The first kappa shape index (κ1) is 14.5. The summed E-state index contributed by atoms with van der Waals surface area (Å²) in [5, 5.41) is 0. The van der Waals surface area contributed by atoms with Gasteiger partial charge in [-0.15, -0.1) is 0 Å². The Labute approximate surface area is 117 Å². The Morgan fingerprint density at radius 1 is 1.26 bits per heavy atom. The molecule has 0 atom stereocenters. The average molecular weight is 261 g/mol. The highest BCUT2D eigenvalue weighted by Crippen LogP contribution is 2.17. The highest BCUT2D eigenvalue weighted by molar-refractivity contribution is 5.17. The minimum Gasteiger partial charge on any atom is -0.306 e. The van der Waals surface area contributed by atoms with Gasteiger partial charge < -0.3 is 4.90 Å². The largest absolute Gasteiger partial charge is 0.306 e. The van der Waals surface area contributed by atoms with Crippen LogP contribution < -0.4 is 0 Å². The molecule has 0 saturated carbocycles. The van der Waals surface area contributed by atoms with E-state index in [0.717, 1.165) is 12.6 Å². The van der Waals surface area contributed by atoms with Crippen LogP contribution in [0, 0.1) is 0 Å². The van der Waals surface area contributed by atoms with E-state index in [4.69, 9.17) is 0 Å². The van der Waals surface area contributed by atoms with E-state index in [1.54, 1.807) is 0 Å². The lowest BCUT2D eigenvalue weighted by atomic mass is 10.0. The number of nitrogens with zero attached hydrogens (tertiary/aromatic N) is 3. The fraction of sp³-hybridized carbons (Fsp3) is 0.688. The molecule has 19 heavy (non-hydrogen) atoms. The zero-order valence-corrected chi connectivity index (χ0v) is 12.8. The van der Waals surface area contributed by atoms with Gasteiger partial charge in [-0.1, -0.05) is 19.9 Å². The zero-order valence-electron chi connectivity index (χ0n) is 12.8. The van der Waals surface area contributed by atoms with Gasteiger partial charge in [0.05, 0.1) is 5.69 Å². The third-order valence-corrected chi connectivity index (χ3v) is 4.19. The highest BCUT2D eigenvalue weighted by atomic mass is 15.2. The van der Waals surface area contributed by atoms with Gasteiger partial charge in [-0.25, -0.2) is 0 Å². The van der Waals surface area contributed by atoms with Crippen molar-refractivity contribution in [3.63, 3.8) is 0 Å². The van der Waals surface area contributed by atoms with Crippen molar-refractivity contribution in [2.24, 2.45) is 0 Å². The lowest BCUT2D eigenvalue weighted by Gasteiger charge is -2.35. The Morgan fingerprint density at radius 2 is 1.95 bits per heavy atom. The standard InChI is InChI=1S/C16H27N3/c1-13(2)14-5-6-15(17-11-14)12-19-9-7-16(8-10-19)18(3)4/h5-6,11,13,16H,7-10,12H2,1-4H3. The maximum Gasteiger partial charge on any atom is 0.0544 e. The normalized spacial score (nSPS) is 18.4. The van der Waals surface area contributed by atoms with Gasteiger partial charge in [0.2, 0.25) is 0 Å². The number of hydrogen-bond acceptors (Lipinski definition) is 3. The van der Waals surface area contributed by atoms with E-state index in [0.29, 0.717) is 5.92 Å². The molecular weight excluding hydrogens is 234 g/mol. The van der Waals surface area contributed by atoms with Crippen molar-refractivity contribution in [3.8, 4) is 0 Å². The van der Waals surface area contributed by atoms with Gasteiger partial charge in [0.25, 0.3) is 0 Å². The fourth-order valence-corrected chi connectivity index (χ4v) is 2.69. The predicted octanol–water partition coefficient (Wildman–Crippen LogP) is 2.73. The van der Waals surface area contributed by atoms with Crippen LogP contribution in [0.3, 0.4) is 0 Å². The van der Waals surface area contributed by atoms with Crippen LogP contribution in [0.25, 0.3) is 0 Å². The van der Waals surface area contributed by atoms with Gasteiger partial charge in [0, 0.05) is 31.9 Å². The summed E-state index contributed by atoms with van der Waals surface area (Å²) in [5.74, 6) is 0.567. The van der Waals surface area contributed by atoms with E-state index in [1.165, 1.54) is 37.2 Å². The van der Waals surface area contributed by atoms with Gasteiger partial charge in [-0.2, -0.15) is 0 Å². The van der Waals surface area contributed by atoms with Gasteiger partial charge in [-0.05, 0) is 44.5 Å². The minimum absolute atomic E-state index is 0.567. The van der Waals surface area contributed by atoms with Crippen molar-refractivity contribution in [3.05, 3.63) is 29.6 Å². The van der Waals surface area contributed by atoms with Crippen molar-refractivity contribution in [2.45, 2.75) is 45.2 Å². The molecular formula is C16H27N3. The molecule has 3 heteroatoms. The summed E-state index contributed by atoms with van der Waals surface area (Å²) >= 11 is 0. The summed E-state index contributed by atoms with van der Waals surface area (Å²) in [4.78, 5) is 9.48. The quantitative estimate of drug-likeness (QED) is 0.831. The number of pyridine rings is 1. The molecule has 1 saturated heterocycles. The second kappa shape index (κ2) is 6.49. The summed E-state index contributed by atoms with van der Waals surface area (Å²) < 4.78 is 0. The third-order valence-electron chi connectivity index (χ3n) is 4.19. The number of hydrogen-bond donors (Lipinski definition) is 0. The van der Waals surface area contributed by atoms with Gasteiger partial charge in [-0.3, -0.25) is 9.88 Å². The molecule has 0 aromatic carbocycles. The van der Waals surface area contributed by atoms with E-state index < -0.39 is 0 Å². The smallest absolute Gasteiger partial charge is 0.0544 e. The van der Waals surface area contributed by atoms with Crippen LogP contribution in [-0.2, 0) is 6.54 Å². The first-order valence-corrected chi connectivity index (χ1v) is 7.40. The second-order valence-electron chi connectivity index (χ2n) is 6.21. The Hall–Kier alpha value is -0.930. The van der Waals surface area contributed by atoms with E-state index in [2.05, 4.69) is 54.9 Å². The minimum atomic E-state index is 0.567. The van der Waals surface area contributed by atoms with Crippen molar-refractivity contribution in [1.82, 2.24) is 14.8 Å². The Kier molecular flexibility index (Phi) is 4.94. The maximum absolute atomic E-state index is 4.60. The Balaban J connectivity index is 1.85. The van der Waals surface area contributed by atoms with Crippen molar-refractivity contribution in [2.75, 3.05) is 27.2 Å². The highest BCUT2D eigenvalue weighted by Gasteiger charge is 2.20. The molecule has 1 aliphatic rings. The monoisotopic (exact) mass is 261 g/mol. The van der Waals surface area contributed by atoms with Crippen molar-refractivity contribution < 1.29 is 0 Å². The maximum atomic E-state index is 4.60.